The Balaban J connectivity index is 1.32. The maximum atomic E-state index is 4.69. The number of aromatic nitrogens is 5. The number of allylic oxidation sites excluding steroid dienone is 2. The Bertz CT molecular complexity index is 1310. The highest BCUT2D eigenvalue weighted by atomic mass is 31.0. The lowest BCUT2D eigenvalue weighted by molar-refractivity contribution is -0.0115. The van der Waals surface area contributed by atoms with Crippen molar-refractivity contribution in [3.8, 4) is 0 Å². The third-order valence-electron chi connectivity index (χ3n) is 7.44. The molecular formula is C28H37N8P. The maximum absolute atomic E-state index is 4.69. The summed E-state index contributed by atoms with van der Waals surface area (Å²) in [4.78, 5) is 20.9. The van der Waals surface area contributed by atoms with E-state index in [0.717, 1.165) is 64.8 Å². The number of aryl methyl sites for hydroxylation is 2. The molecule has 3 aromatic rings. The summed E-state index contributed by atoms with van der Waals surface area (Å²) in [5.74, 6) is 3.07. The van der Waals surface area contributed by atoms with Crippen molar-refractivity contribution in [2.24, 2.45) is 5.92 Å². The lowest BCUT2D eigenvalue weighted by atomic mass is 9.83. The predicted molar refractivity (Wildman–Crippen MR) is 154 cm³/mol. The maximum Gasteiger partial charge on any atom is 0.228 e. The van der Waals surface area contributed by atoms with Crippen LogP contribution in [0.2, 0.25) is 0 Å². The molecule has 9 heteroatoms. The van der Waals surface area contributed by atoms with Gasteiger partial charge in [0, 0.05) is 55.9 Å². The van der Waals surface area contributed by atoms with Crippen LogP contribution in [0.4, 0.5) is 11.8 Å². The molecule has 0 amide bonds. The summed E-state index contributed by atoms with van der Waals surface area (Å²) in [7, 11) is 2.78. The van der Waals surface area contributed by atoms with Crippen LogP contribution in [0, 0.1) is 19.8 Å². The van der Waals surface area contributed by atoms with Gasteiger partial charge < -0.3 is 15.2 Å². The number of nitrogens with zero attached hydrogens (tertiary/aromatic N) is 6. The van der Waals surface area contributed by atoms with E-state index in [1.165, 1.54) is 13.0 Å². The molecule has 0 aliphatic carbocycles. The minimum Gasteiger partial charge on any atom is -0.326 e. The number of piperidine rings is 1. The molecule has 2 saturated heterocycles. The summed E-state index contributed by atoms with van der Waals surface area (Å²) in [6.45, 7) is 16.8. The fraction of sp³-hybridized carbons (Fsp3) is 0.429. The summed E-state index contributed by atoms with van der Waals surface area (Å²) in [6, 6.07) is 2.98. The predicted octanol–water partition coefficient (Wildman–Crippen LogP) is 4.03. The van der Waals surface area contributed by atoms with E-state index in [2.05, 4.69) is 70.8 Å². The lowest BCUT2D eigenvalue weighted by Crippen LogP contribution is -2.62. The Morgan fingerprint density at radius 1 is 1.24 bits per heavy atom. The van der Waals surface area contributed by atoms with Gasteiger partial charge >= 0.3 is 0 Å². The first-order valence-corrected chi connectivity index (χ1v) is 13.6. The van der Waals surface area contributed by atoms with E-state index in [9.17, 15) is 0 Å². The number of imidazole rings is 1. The topological polar surface area (TPSA) is 83.8 Å². The van der Waals surface area contributed by atoms with E-state index in [4.69, 9.17) is 4.98 Å². The van der Waals surface area contributed by atoms with Gasteiger partial charge in [-0.1, -0.05) is 12.7 Å². The standard InChI is InChI=1S/C28H37N8P/c1-6-21(9-24-18(4)33-19(5)36(24)17(2)3)23-10-27(30-14-26(23)37)34-28-31-11-20(12-32-28)15-35-16-22-7-8-29-13-25(22)35/h6,9-12,14,17,22,25,29H,1,7-8,13,15-16,37H2,2-5H3,(H,30,31,32,34)/b21-9+. The summed E-state index contributed by atoms with van der Waals surface area (Å²) < 4.78 is 2.25. The molecule has 2 N–H and O–H groups in total. The van der Waals surface area contributed by atoms with Gasteiger partial charge in [-0.3, -0.25) is 4.90 Å². The van der Waals surface area contributed by atoms with Crippen molar-refractivity contribution in [2.75, 3.05) is 25.0 Å². The van der Waals surface area contributed by atoms with E-state index < -0.39 is 0 Å². The van der Waals surface area contributed by atoms with E-state index in [0.29, 0.717) is 23.8 Å². The summed E-state index contributed by atoms with van der Waals surface area (Å²) in [6.07, 6.45) is 11.0. The van der Waals surface area contributed by atoms with Crippen molar-refractivity contribution < 1.29 is 0 Å². The molecule has 8 nitrogen and oxygen atoms in total. The number of likely N-dealkylation sites (tertiary alicyclic amines) is 1. The van der Waals surface area contributed by atoms with Crippen LogP contribution in [0.1, 0.15) is 54.6 Å². The van der Waals surface area contributed by atoms with Crippen molar-refractivity contribution in [2.45, 2.75) is 52.7 Å². The quantitative estimate of drug-likeness (QED) is 0.346. The second-order valence-electron chi connectivity index (χ2n) is 10.3. The van der Waals surface area contributed by atoms with Crippen LogP contribution in [-0.4, -0.2) is 55.1 Å². The minimum atomic E-state index is 0.311. The minimum absolute atomic E-state index is 0.311. The Hall–Kier alpha value is -2.93. The number of pyridine rings is 1. The molecule has 0 spiro atoms. The Morgan fingerprint density at radius 3 is 2.73 bits per heavy atom. The average Bonchev–Trinajstić information content (AvgIpc) is 3.15. The number of rotatable bonds is 8. The molecule has 0 bridgehead atoms. The smallest absolute Gasteiger partial charge is 0.228 e. The molecule has 3 atom stereocenters. The summed E-state index contributed by atoms with van der Waals surface area (Å²) in [5, 5.41) is 7.76. The number of anilines is 2. The zero-order valence-electron chi connectivity index (χ0n) is 22.2. The van der Waals surface area contributed by atoms with E-state index in [-0.39, 0.29) is 0 Å². The van der Waals surface area contributed by atoms with Crippen LogP contribution in [0.15, 0.2) is 37.3 Å². The molecule has 2 aliphatic rings. The highest BCUT2D eigenvalue weighted by molar-refractivity contribution is 7.27. The lowest BCUT2D eigenvalue weighted by Gasteiger charge is -2.51. The van der Waals surface area contributed by atoms with Gasteiger partial charge in [-0.15, -0.1) is 9.24 Å². The van der Waals surface area contributed by atoms with E-state index >= 15 is 0 Å². The molecule has 0 aromatic carbocycles. The molecule has 0 saturated carbocycles. The van der Waals surface area contributed by atoms with Gasteiger partial charge in [0.25, 0.3) is 0 Å². The average molecular weight is 517 g/mol. The van der Waals surface area contributed by atoms with Gasteiger partial charge in [0.2, 0.25) is 5.95 Å². The normalized spacial score (nSPS) is 20.0. The van der Waals surface area contributed by atoms with Crippen LogP contribution in [-0.2, 0) is 6.54 Å². The van der Waals surface area contributed by atoms with Gasteiger partial charge in [-0.05, 0) is 75.2 Å². The van der Waals surface area contributed by atoms with Crippen LogP contribution >= 0.6 is 9.24 Å². The Kier molecular flexibility index (Phi) is 7.52. The summed E-state index contributed by atoms with van der Waals surface area (Å²) in [5.41, 5.74) is 5.26. The highest BCUT2D eigenvalue weighted by Gasteiger charge is 2.39. The number of fused-ring (bicyclic) bond motifs is 1. The van der Waals surface area contributed by atoms with Crippen LogP contribution < -0.4 is 15.9 Å². The molecule has 2 fully saturated rings. The fourth-order valence-corrected chi connectivity index (χ4v) is 5.90. The molecular weight excluding hydrogens is 479 g/mol. The second kappa shape index (κ2) is 10.8. The number of nitrogens with one attached hydrogen (secondary N) is 2. The van der Waals surface area contributed by atoms with Gasteiger partial charge in [-0.2, -0.15) is 0 Å². The molecule has 5 heterocycles. The van der Waals surface area contributed by atoms with Gasteiger partial charge in [0.05, 0.1) is 11.4 Å². The van der Waals surface area contributed by atoms with E-state index in [1.807, 2.05) is 44.6 Å². The first kappa shape index (κ1) is 25.7. The molecule has 3 aromatic heterocycles. The summed E-state index contributed by atoms with van der Waals surface area (Å²) >= 11 is 0. The van der Waals surface area contributed by atoms with E-state index in [1.54, 1.807) is 0 Å². The third-order valence-corrected chi connectivity index (χ3v) is 7.90. The van der Waals surface area contributed by atoms with Gasteiger partial charge in [0.1, 0.15) is 11.6 Å². The first-order valence-electron chi connectivity index (χ1n) is 13.0. The van der Waals surface area contributed by atoms with Crippen molar-refractivity contribution in [1.82, 2.24) is 34.7 Å². The molecule has 0 radical (unpaired) electrons. The Labute approximate surface area is 221 Å². The molecule has 2 aliphatic heterocycles. The number of hydrogen-bond donors (Lipinski definition) is 2. The van der Waals surface area contributed by atoms with Crippen LogP contribution in [0.25, 0.3) is 11.6 Å². The number of hydrogen-bond acceptors (Lipinski definition) is 7. The molecule has 5 rings (SSSR count). The largest absolute Gasteiger partial charge is 0.326 e. The zero-order chi connectivity index (χ0) is 26.1. The van der Waals surface area contributed by atoms with Crippen LogP contribution in [0.5, 0.6) is 0 Å². The molecule has 37 heavy (non-hydrogen) atoms. The van der Waals surface area contributed by atoms with Gasteiger partial charge in [-0.25, -0.2) is 19.9 Å². The highest BCUT2D eigenvalue weighted by Crippen LogP contribution is 2.31. The van der Waals surface area contributed by atoms with Crippen molar-refractivity contribution in [3.63, 3.8) is 0 Å². The molecule has 194 valence electrons. The van der Waals surface area contributed by atoms with Gasteiger partial charge in [0.15, 0.2) is 0 Å². The second-order valence-corrected chi connectivity index (χ2v) is 11.0. The third kappa shape index (κ3) is 5.37. The zero-order valence-corrected chi connectivity index (χ0v) is 23.4. The Morgan fingerprint density at radius 2 is 2.03 bits per heavy atom. The monoisotopic (exact) mass is 516 g/mol. The van der Waals surface area contributed by atoms with Crippen molar-refractivity contribution in [1.29, 1.82) is 0 Å². The van der Waals surface area contributed by atoms with Crippen molar-refractivity contribution >= 4 is 38.0 Å². The fourth-order valence-electron chi connectivity index (χ4n) is 5.57. The van der Waals surface area contributed by atoms with Crippen LogP contribution in [0.3, 0.4) is 0 Å². The molecule has 3 unspecified atom stereocenters. The SMILES string of the molecule is C=C/C(=C\c1c(C)nc(C)n1C(C)C)c1cc(Nc2ncc(CN3CC4CCNCC43)cn2)ncc1P. The first-order chi connectivity index (χ1) is 17.8. The van der Waals surface area contributed by atoms with Crippen molar-refractivity contribution in [3.05, 3.63) is 65.7 Å².